The molecule has 0 atom stereocenters. The molecule has 1 aromatic rings. The molecular formula is C15H27IN4. The van der Waals surface area contributed by atoms with Gasteiger partial charge >= 0.3 is 0 Å². The van der Waals surface area contributed by atoms with Crippen LogP contribution in [0.1, 0.15) is 45.6 Å². The molecular weight excluding hydrogens is 363 g/mol. The van der Waals surface area contributed by atoms with E-state index in [-0.39, 0.29) is 5.41 Å². The van der Waals surface area contributed by atoms with Crippen LogP contribution in [0.25, 0.3) is 0 Å². The van der Waals surface area contributed by atoms with Crippen molar-refractivity contribution in [1.29, 1.82) is 0 Å². The summed E-state index contributed by atoms with van der Waals surface area (Å²) < 4.78 is 1.15. The summed E-state index contributed by atoms with van der Waals surface area (Å²) in [6.45, 7) is 10.7. The zero-order valence-electron chi connectivity index (χ0n) is 13.5. The molecule has 0 fully saturated rings. The Morgan fingerprint density at radius 3 is 2.35 bits per heavy atom. The van der Waals surface area contributed by atoms with Crippen molar-refractivity contribution in [2.75, 3.05) is 32.5 Å². The van der Waals surface area contributed by atoms with E-state index in [0.29, 0.717) is 0 Å². The predicted molar refractivity (Wildman–Crippen MR) is 94.5 cm³/mol. The first kappa shape index (κ1) is 17.6. The Morgan fingerprint density at radius 1 is 1.20 bits per heavy atom. The van der Waals surface area contributed by atoms with Gasteiger partial charge in [0, 0.05) is 24.9 Å². The van der Waals surface area contributed by atoms with Gasteiger partial charge in [-0.15, -0.1) is 0 Å². The van der Waals surface area contributed by atoms with Crippen molar-refractivity contribution in [2.24, 2.45) is 0 Å². The van der Waals surface area contributed by atoms with Crippen molar-refractivity contribution >= 4 is 28.4 Å². The normalized spacial score (nSPS) is 12.0. The first-order valence-corrected chi connectivity index (χ1v) is 8.29. The first-order chi connectivity index (χ1) is 9.25. The van der Waals surface area contributed by atoms with E-state index in [4.69, 9.17) is 9.97 Å². The van der Waals surface area contributed by atoms with Crippen LogP contribution in [0, 0.1) is 3.57 Å². The molecule has 0 bridgehead atoms. The molecule has 0 aliphatic carbocycles. The minimum absolute atomic E-state index is 0.0367. The number of anilines is 1. The van der Waals surface area contributed by atoms with Crippen LogP contribution in [-0.2, 0) is 11.8 Å². The van der Waals surface area contributed by atoms with Crippen LogP contribution in [-0.4, -0.2) is 42.1 Å². The largest absolute Gasteiger partial charge is 0.369 e. The average molecular weight is 390 g/mol. The Hall–Kier alpha value is -0.430. The molecule has 0 saturated carbocycles. The smallest absolute Gasteiger partial charge is 0.143 e. The Kier molecular flexibility index (Phi) is 6.64. The average Bonchev–Trinajstić information content (AvgIpc) is 2.34. The molecule has 0 aromatic carbocycles. The van der Waals surface area contributed by atoms with Gasteiger partial charge in [-0.05, 0) is 43.1 Å². The molecule has 114 valence electrons. The summed E-state index contributed by atoms with van der Waals surface area (Å²) in [7, 11) is 4.15. The van der Waals surface area contributed by atoms with E-state index >= 15 is 0 Å². The summed E-state index contributed by atoms with van der Waals surface area (Å²) >= 11 is 2.37. The van der Waals surface area contributed by atoms with Crippen molar-refractivity contribution in [1.82, 2.24) is 14.9 Å². The van der Waals surface area contributed by atoms with Gasteiger partial charge in [0.15, 0.2) is 0 Å². The molecule has 1 rings (SSSR count). The van der Waals surface area contributed by atoms with Crippen molar-refractivity contribution < 1.29 is 0 Å². The van der Waals surface area contributed by atoms with E-state index < -0.39 is 0 Å². The molecule has 0 aliphatic rings. The van der Waals surface area contributed by atoms with Crippen molar-refractivity contribution in [3.63, 3.8) is 0 Å². The number of rotatable bonds is 6. The van der Waals surface area contributed by atoms with Crippen LogP contribution in [0.4, 0.5) is 5.82 Å². The highest BCUT2D eigenvalue weighted by atomic mass is 127. The fourth-order valence-corrected chi connectivity index (χ4v) is 3.03. The van der Waals surface area contributed by atoms with Gasteiger partial charge in [-0.1, -0.05) is 27.7 Å². The Labute approximate surface area is 136 Å². The van der Waals surface area contributed by atoms with Crippen LogP contribution in [0.15, 0.2) is 0 Å². The van der Waals surface area contributed by atoms with Crippen LogP contribution < -0.4 is 5.32 Å². The van der Waals surface area contributed by atoms with E-state index in [2.05, 4.69) is 74.6 Å². The Balaban J connectivity index is 3.12. The lowest BCUT2D eigenvalue weighted by atomic mass is 9.92. The summed E-state index contributed by atoms with van der Waals surface area (Å²) in [5, 5.41) is 3.43. The van der Waals surface area contributed by atoms with Crippen molar-refractivity contribution in [3.8, 4) is 0 Å². The third kappa shape index (κ3) is 5.16. The summed E-state index contributed by atoms with van der Waals surface area (Å²) in [5.74, 6) is 1.92. The van der Waals surface area contributed by atoms with Gasteiger partial charge < -0.3 is 10.2 Å². The van der Waals surface area contributed by atoms with Gasteiger partial charge in [-0.3, -0.25) is 0 Å². The highest BCUT2D eigenvalue weighted by Crippen LogP contribution is 2.29. The van der Waals surface area contributed by atoms with E-state index in [1.54, 1.807) is 0 Å². The second kappa shape index (κ2) is 7.54. The van der Waals surface area contributed by atoms with Gasteiger partial charge in [0.2, 0.25) is 0 Å². The number of nitrogens with one attached hydrogen (secondary N) is 1. The van der Waals surface area contributed by atoms with Crippen LogP contribution in [0.2, 0.25) is 0 Å². The number of likely N-dealkylation sites (N-methyl/N-ethyl adjacent to an activating group) is 1. The van der Waals surface area contributed by atoms with E-state index in [1.807, 2.05) is 0 Å². The molecule has 0 aliphatic heterocycles. The van der Waals surface area contributed by atoms with Crippen LogP contribution >= 0.6 is 22.6 Å². The number of nitrogens with zero attached hydrogens (tertiary/aromatic N) is 3. The van der Waals surface area contributed by atoms with Crippen molar-refractivity contribution in [2.45, 2.75) is 46.0 Å². The van der Waals surface area contributed by atoms with E-state index in [0.717, 1.165) is 46.8 Å². The molecule has 1 aromatic heterocycles. The number of aromatic nitrogens is 2. The molecule has 4 nitrogen and oxygen atoms in total. The van der Waals surface area contributed by atoms with Gasteiger partial charge in [-0.25, -0.2) is 9.97 Å². The van der Waals surface area contributed by atoms with Crippen LogP contribution in [0.3, 0.4) is 0 Å². The molecule has 0 saturated heterocycles. The molecule has 0 spiro atoms. The van der Waals surface area contributed by atoms with Gasteiger partial charge in [0.25, 0.3) is 0 Å². The fourth-order valence-electron chi connectivity index (χ4n) is 1.79. The zero-order chi connectivity index (χ0) is 15.3. The highest BCUT2D eigenvalue weighted by molar-refractivity contribution is 14.1. The second-order valence-electron chi connectivity index (χ2n) is 6.38. The SMILES string of the molecule is CCCNc1nc(CCN(C)C)nc(C(C)(C)C)c1I. The van der Waals surface area contributed by atoms with Gasteiger partial charge in [0.05, 0.1) is 9.26 Å². The molecule has 0 amide bonds. The fraction of sp³-hybridized carbons (Fsp3) is 0.733. The third-order valence-electron chi connectivity index (χ3n) is 2.93. The standard InChI is InChI=1S/C15H27IN4/c1-7-9-17-14-12(16)13(15(2,3)4)18-11(19-14)8-10-20(5)6/h7-10H2,1-6H3,(H,17,18,19). The number of halogens is 1. The summed E-state index contributed by atoms with van der Waals surface area (Å²) in [6, 6.07) is 0. The summed E-state index contributed by atoms with van der Waals surface area (Å²) in [6.07, 6.45) is 1.98. The number of hydrogen-bond donors (Lipinski definition) is 1. The molecule has 0 radical (unpaired) electrons. The zero-order valence-corrected chi connectivity index (χ0v) is 15.7. The Morgan fingerprint density at radius 2 is 1.85 bits per heavy atom. The Bertz CT molecular complexity index is 438. The molecule has 5 heteroatoms. The van der Waals surface area contributed by atoms with Crippen LogP contribution in [0.5, 0.6) is 0 Å². The lowest BCUT2D eigenvalue weighted by molar-refractivity contribution is 0.408. The minimum atomic E-state index is 0.0367. The van der Waals surface area contributed by atoms with E-state index in [9.17, 15) is 0 Å². The summed E-state index contributed by atoms with van der Waals surface area (Å²) in [4.78, 5) is 11.7. The lowest BCUT2D eigenvalue weighted by Crippen LogP contribution is -2.22. The predicted octanol–water partition coefficient (Wildman–Crippen LogP) is 3.30. The monoisotopic (exact) mass is 390 g/mol. The summed E-state index contributed by atoms with van der Waals surface area (Å²) in [5.41, 5.74) is 1.18. The first-order valence-electron chi connectivity index (χ1n) is 7.21. The van der Waals surface area contributed by atoms with E-state index in [1.165, 1.54) is 0 Å². The highest BCUT2D eigenvalue weighted by Gasteiger charge is 2.23. The topological polar surface area (TPSA) is 41.1 Å². The van der Waals surface area contributed by atoms with Gasteiger partial charge in [0.1, 0.15) is 11.6 Å². The maximum Gasteiger partial charge on any atom is 0.143 e. The quantitative estimate of drug-likeness (QED) is 0.757. The molecule has 0 unspecified atom stereocenters. The minimum Gasteiger partial charge on any atom is -0.369 e. The number of hydrogen-bond acceptors (Lipinski definition) is 4. The second-order valence-corrected chi connectivity index (χ2v) is 7.46. The third-order valence-corrected chi connectivity index (χ3v) is 3.95. The maximum absolute atomic E-state index is 4.80. The maximum atomic E-state index is 4.80. The molecule has 1 heterocycles. The molecule has 1 N–H and O–H groups in total. The molecule has 20 heavy (non-hydrogen) atoms. The lowest BCUT2D eigenvalue weighted by Gasteiger charge is -2.22. The van der Waals surface area contributed by atoms with Gasteiger partial charge in [-0.2, -0.15) is 0 Å². The van der Waals surface area contributed by atoms with Crippen molar-refractivity contribution in [3.05, 3.63) is 15.1 Å².